The molecule has 0 aliphatic carbocycles. The van der Waals surface area contributed by atoms with Gasteiger partial charge in [-0.15, -0.1) is 0 Å². The molecule has 376 valence electrons. The predicted molar refractivity (Wildman–Crippen MR) is 281 cm³/mol. The maximum Gasteiger partial charge on any atom is 0.0635 e. The second-order valence-corrected chi connectivity index (χ2v) is 19.7. The highest BCUT2D eigenvalue weighted by atomic mass is 32.2. The van der Waals surface area contributed by atoms with Crippen molar-refractivity contribution in [3.63, 3.8) is 0 Å². The molecule has 0 heterocycles. The smallest absolute Gasteiger partial charge is 0.0635 e. The molecule has 0 aromatic rings. The van der Waals surface area contributed by atoms with E-state index in [1.165, 1.54) is 0 Å². The van der Waals surface area contributed by atoms with Gasteiger partial charge in [0.15, 0.2) is 0 Å². The summed E-state index contributed by atoms with van der Waals surface area (Å²) in [6.45, 7) is 14.9. The SMILES string of the molecule is CCC(COCCCS)(COCCCS)COCCCSCCCOCC(CO)(COCCCS)COCCCS.CCCCOCC(CO)(COCCCS)COCCCS. The summed E-state index contributed by atoms with van der Waals surface area (Å²) >= 11 is 27.2. The van der Waals surface area contributed by atoms with E-state index in [9.17, 15) is 10.2 Å². The molecule has 11 nitrogen and oxygen atoms in total. The van der Waals surface area contributed by atoms with Crippen molar-refractivity contribution < 1.29 is 52.8 Å². The highest BCUT2D eigenvalue weighted by Gasteiger charge is 2.33. The van der Waals surface area contributed by atoms with Crippen LogP contribution in [-0.2, 0) is 42.6 Å². The first-order chi connectivity index (χ1) is 30.3. The lowest BCUT2D eigenvalue weighted by atomic mass is 9.88. The molecule has 0 unspecified atom stereocenters. The van der Waals surface area contributed by atoms with Crippen LogP contribution in [0.25, 0.3) is 0 Å². The third-order valence-electron chi connectivity index (χ3n) is 9.57. The molecule has 2 N–H and O–H groups in total. The normalized spacial score (nSPS) is 12.3. The van der Waals surface area contributed by atoms with Crippen molar-refractivity contribution in [1.29, 1.82) is 0 Å². The van der Waals surface area contributed by atoms with E-state index in [2.05, 4.69) is 89.6 Å². The number of thioether (sulfide) groups is 1. The van der Waals surface area contributed by atoms with E-state index < -0.39 is 10.8 Å². The maximum atomic E-state index is 10.1. The molecule has 0 spiro atoms. The molecule has 62 heavy (non-hydrogen) atoms. The standard InChI is InChI=1S/C29H60O7S5.C15H32O4S2/c1-2-28(22-31-9-3-15-37,23-32-10-4-16-38)24-35-13-7-19-41-20-8-14-36-27-29(21-30,25-33-11-5-17-39)26-34-12-6-18-40;1-2-3-6-17-12-15(11-16,13-18-7-4-9-20)14-19-8-5-10-21/h30,37-40H,2-27H2,1H3;16,20-21H,2-14H2,1H3. The maximum absolute atomic E-state index is 10.1. The lowest BCUT2D eigenvalue weighted by Gasteiger charge is -2.32. The van der Waals surface area contributed by atoms with Gasteiger partial charge in [-0.2, -0.15) is 87.5 Å². The number of ether oxygens (including phenoxy) is 9. The molecule has 0 radical (unpaired) electrons. The molecule has 0 saturated carbocycles. The minimum atomic E-state index is -0.541. The minimum Gasteiger partial charge on any atom is -0.396 e. The number of aliphatic hydroxyl groups is 2. The Kier molecular flexibility index (Phi) is 54.2. The van der Waals surface area contributed by atoms with Gasteiger partial charge in [-0.3, -0.25) is 0 Å². The first-order valence-corrected chi connectivity index (χ1v) is 27.9. The molecule has 0 aromatic heterocycles. The monoisotopic (exact) mass is 1020 g/mol. The summed E-state index contributed by atoms with van der Waals surface area (Å²) in [6, 6.07) is 0. The van der Waals surface area contributed by atoms with E-state index >= 15 is 0 Å². The fraction of sp³-hybridized carbons (Fsp3) is 1.00. The summed E-state index contributed by atoms with van der Waals surface area (Å²) in [5, 5.41) is 19.9. The van der Waals surface area contributed by atoms with Crippen LogP contribution >= 0.6 is 87.5 Å². The van der Waals surface area contributed by atoms with Crippen LogP contribution in [0.1, 0.15) is 84.5 Å². The lowest BCUT2D eigenvalue weighted by molar-refractivity contribution is -0.0927. The highest BCUT2D eigenvalue weighted by Crippen LogP contribution is 2.25. The predicted octanol–water partition coefficient (Wildman–Crippen LogP) is 7.71. The van der Waals surface area contributed by atoms with Crippen LogP contribution in [0.2, 0.25) is 0 Å². The molecule has 0 aliphatic heterocycles. The third-order valence-corrected chi connectivity index (χ3v) is 12.6. The van der Waals surface area contributed by atoms with E-state index in [0.717, 1.165) is 136 Å². The molecule has 0 saturated heterocycles. The largest absolute Gasteiger partial charge is 0.396 e. The number of thiol groups is 6. The molecule has 0 bridgehead atoms. The average molecular weight is 1020 g/mol. The van der Waals surface area contributed by atoms with Gasteiger partial charge in [0.2, 0.25) is 0 Å². The Morgan fingerprint density at radius 3 is 0.774 bits per heavy atom. The van der Waals surface area contributed by atoms with Crippen LogP contribution in [0, 0.1) is 16.2 Å². The van der Waals surface area contributed by atoms with Gasteiger partial charge >= 0.3 is 0 Å². The first kappa shape index (κ1) is 66.1. The fourth-order valence-electron chi connectivity index (χ4n) is 5.43. The van der Waals surface area contributed by atoms with Crippen molar-refractivity contribution in [2.75, 3.05) is 178 Å². The summed E-state index contributed by atoms with van der Waals surface area (Å²) in [5.74, 6) is 6.91. The van der Waals surface area contributed by atoms with Gasteiger partial charge in [0, 0.05) is 64.9 Å². The molecule has 0 amide bonds. The van der Waals surface area contributed by atoms with E-state index in [1.54, 1.807) is 0 Å². The van der Waals surface area contributed by atoms with Crippen LogP contribution < -0.4 is 0 Å². The second-order valence-electron chi connectivity index (χ2n) is 15.8. The van der Waals surface area contributed by atoms with E-state index in [4.69, 9.17) is 42.6 Å². The average Bonchev–Trinajstić information content (AvgIpc) is 3.29. The van der Waals surface area contributed by atoms with Crippen LogP contribution in [0.4, 0.5) is 0 Å². The molecular weight excluding hydrogens is 929 g/mol. The summed E-state index contributed by atoms with van der Waals surface area (Å²) in [5.41, 5.74) is -1.13. The van der Waals surface area contributed by atoms with E-state index in [1.807, 2.05) is 11.8 Å². The minimum absolute atomic E-state index is 0.000868. The number of unbranched alkanes of at least 4 members (excludes halogenated alkanes) is 1. The molecule has 0 atom stereocenters. The number of aliphatic hydroxyl groups excluding tert-OH is 2. The van der Waals surface area contributed by atoms with Crippen molar-refractivity contribution in [2.24, 2.45) is 16.2 Å². The zero-order valence-electron chi connectivity index (χ0n) is 38.7. The molecule has 0 aromatic carbocycles. The van der Waals surface area contributed by atoms with Gasteiger partial charge in [-0.1, -0.05) is 20.3 Å². The van der Waals surface area contributed by atoms with Crippen molar-refractivity contribution in [2.45, 2.75) is 84.5 Å². The summed E-state index contributed by atoms with van der Waals surface area (Å²) < 4.78 is 52.6. The Balaban J connectivity index is 0. The summed E-state index contributed by atoms with van der Waals surface area (Å²) in [6.07, 6.45) is 10.5. The lowest BCUT2D eigenvalue weighted by Crippen LogP contribution is -2.41. The summed E-state index contributed by atoms with van der Waals surface area (Å²) in [7, 11) is 0. The molecule has 0 fully saturated rings. The van der Waals surface area contributed by atoms with Gasteiger partial charge < -0.3 is 52.8 Å². The Morgan fingerprint density at radius 2 is 0.565 bits per heavy atom. The van der Waals surface area contributed by atoms with Gasteiger partial charge in [-0.25, -0.2) is 0 Å². The highest BCUT2D eigenvalue weighted by molar-refractivity contribution is 7.99. The van der Waals surface area contributed by atoms with Crippen LogP contribution in [-0.4, -0.2) is 188 Å². The summed E-state index contributed by atoms with van der Waals surface area (Å²) in [4.78, 5) is 0. The fourth-order valence-corrected chi connectivity index (χ4v) is 7.05. The quantitative estimate of drug-likeness (QED) is 0.0225. The van der Waals surface area contributed by atoms with Gasteiger partial charge in [0.1, 0.15) is 0 Å². The van der Waals surface area contributed by atoms with E-state index in [-0.39, 0.29) is 18.6 Å². The van der Waals surface area contributed by atoms with Crippen molar-refractivity contribution in [1.82, 2.24) is 0 Å². The second kappa shape index (κ2) is 50.9. The zero-order valence-corrected chi connectivity index (χ0v) is 44.9. The topological polar surface area (TPSA) is 124 Å². The van der Waals surface area contributed by atoms with E-state index in [0.29, 0.717) is 99.1 Å². The Hall–Kier alpha value is 2.01. The number of hydrogen-bond acceptors (Lipinski definition) is 18. The Bertz CT molecular complexity index is 779. The third kappa shape index (κ3) is 40.0. The van der Waals surface area contributed by atoms with Crippen LogP contribution in [0.15, 0.2) is 0 Å². The van der Waals surface area contributed by atoms with Gasteiger partial charge in [0.25, 0.3) is 0 Å². The number of rotatable bonds is 50. The Labute approximate surface area is 416 Å². The molecule has 18 heteroatoms. The number of hydrogen-bond donors (Lipinski definition) is 8. The van der Waals surface area contributed by atoms with Crippen molar-refractivity contribution in [3.8, 4) is 0 Å². The van der Waals surface area contributed by atoms with Crippen molar-refractivity contribution in [3.05, 3.63) is 0 Å². The van der Waals surface area contributed by atoms with Gasteiger partial charge in [-0.05, 0) is 110 Å². The molecule has 0 rings (SSSR count). The first-order valence-electron chi connectivity index (χ1n) is 23.0. The molecular formula is C44H92O11S7. The molecule has 0 aliphatic rings. The van der Waals surface area contributed by atoms with Gasteiger partial charge in [0.05, 0.1) is 83.5 Å². The van der Waals surface area contributed by atoms with Crippen LogP contribution in [0.3, 0.4) is 0 Å². The Morgan fingerprint density at radius 1 is 0.339 bits per heavy atom. The van der Waals surface area contributed by atoms with Crippen LogP contribution in [0.5, 0.6) is 0 Å². The van der Waals surface area contributed by atoms with Crippen molar-refractivity contribution >= 4 is 87.5 Å². The zero-order chi connectivity index (χ0) is 46.1.